The molecule has 0 bridgehead atoms. The molecule has 0 spiro atoms. The van der Waals surface area contributed by atoms with Crippen LogP contribution in [-0.2, 0) is 6.54 Å². The second kappa shape index (κ2) is 4.91. The predicted molar refractivity (Wildman–Crippen MR) is 66.8 cm³/mol. The fourth-order valence-electron chi connectivity index (χ4n) is 1.84. The van der Waals surface area contributed by atoms with Crippen molar-refractivity contribution in [3.8, 4) is 17.1 Å². The second-order valence-electron chi connectivity index (χ2n) is 3.74. The minimum atomic E-state index is -0.968. The average molecular weight is 246 g/mol. The molecule has 0 aliphatic heterocycles. The summed E-state index contributed by atoms with van der Waals surface area (Å²) in [4.78, 5) is 15.2. The molecule has 2 aromatic rings. The number of nitrogens with zero attached hydrogens (tertiary/aromatic N) is 2. The van der Waals surface area contributed by atoms with E-state index in [0.29, 0.717) is 12.4 Å². The smallest absolute Gasteiger partial charge is 0.354 e. The van der Waals surface area contributed by atoms with E-state index >= 15 is 0 Å². The Balaban J connectivity index is 2.46. The fraction of sp³-hybridized carbons (Fsp3) is 0.231. The lowest BCUT2D eigenvalue weighted by molar-refractivity contribution is 0.0685. The van der Waals surface area contributed by atoms with Crippen LogP contribution in [0.25, 0.3) is 11.4 Å². The second-order valence-corrected chi connectivity index (χ2v) is 3.74. The third-order valence-corrected chi connectivity index (χ3v) is 2.74. The lowest BCUT2D eigenvalue weighted by atomic mass is 10.2. The molecule has 0 aliphatic rings. The zero-order valence-corrected chi connectivity index (χ0v) is 10.3. The van der Waals surface area contributed by atoms with Crippen molar-refractivity contribution >= 4 is 5.97 Å². The number of imidazole rings is 1. The Bertz CT molecular complexity index is 558. The zero-order chi connectivity index (χ0) is 13.1. The predicted octanol–water partition coefficient (Wildman–Crippen LogP) is 2.28. The van der Waals surface area contributed by atoms with Crippen molar-refractivity contribution in [1.29, 1.82) is 0 Å². The zero-order valence-electron chi connectivity index (χ0n) is 10.3. The molecule has 2 rings (SSSR count). The van der Waals surface area contributed by atoms with E-state index in [0.717, 1.165) is 11.3 Å². The van der Waals surface area contributed by atoms with E-state index in [4.69, 9.17) is 9.84 Å². The van der Waals surface area contributed by atoms with Crippen LogP contribution in [0.15, 0.2) is 30.5 Å². The number of carboxylic acids is 1. The van der Waals surface area contributed by atoms with Crippen LogP contribution in [0.5, 0.6) is 5.75 Å². The van der Waals surface area contributed by atoms with E-state index in [1.807, 2.05) is 31.2 Å². The van der Waals surface area contributed by atoms with Crippen molar-refractivity contribution in [2.45, 2.75) is 13.5 Å². The molecular formula is C13H14N2O3. The highest BCUT2D eigenvalue weighted by Crippen LogP contribution is 2.22. The van der Waals surface area contributed by atoms with Crippen LogP contribution in [0, 0.1) is 0 Å². The highest BCUT2D eigenvalue weighted by Gasteiger charge is 2.15. The van der Waals surface area contributed by atoms with Crippen molar-refractivity contribution in [2.75, 3.05) is 7.11 Å². The fourth-order valence-corrected chi connectivity index (χ4v) is 1.84. The summed E-state index contributed by atoms with van der Waals surface area (Å²) >= 11 is 0. The maximum atomic E-state index is 11.0. The van der Waals surface area contributed by atoms with Crippen LogP contribution in [0.4, 0.5) is 0 Å². The number of benzene rings is 1. The molecule has 1 aromatic carbocycles. The number of methoxy groups -OCH3 is 1. The van der Waals surface area contributed by atoms with Crippen LogP contribution < -0.4 is 4.74 Å². The number of carbonyl (C=O) groups is 1. The highest BCUT2D eigenvalue weighted by atomic mass is 16.5. The van der Waals surface area contributed by atoms with Crippen molar-refractivity contribution in [1.82, 2.24) is 9.55 Å². The normalized spacial score (nSPS) is 10.3. The average Bonchev–Trinajstić information content (AvgIpc) is 2.82. The Hall–Kier alpha value is -2.30. The molecule has 0 fully saturated rings. The van der Waals surface area contributed by atoms with Gasteiger partial charge in [-0.1, -0.05) is 0 Å². The van der Waals surface area contributed by atoms with E-state index in [1.54, 1.807) is 11.7 Å². The molecule has 5 nitrogen and oxygen atoms in total. The molecule has 0 saturated heterocycles. The van der Waals surface area contributed by atoms with Crippen molar-refractivity contribution in [3.05, 3.63) is 36.2 Å². The Morgan fingerprint density at radius 1 is 1.39 bits per heavy atom. The molecule has 0 atom stereocenters. The minimum absolute atomic E-state index is 0.198. The molecule has 1 N–H and O–H groups in total. The van der Waals surface area contributed by atoms with Gasteiger partial charge in [0.15, 0.2) is 0 Å². The van der Waals surface area contributed by atoms with Gasteiger partial charge < -0.3 is 14.4 Å². The van der Waals surface area contributed by atoms with Crippen molar-refractivity contribution in [3.63, 3.8) is 0 Å². The van der Waals surface area contributed by atoms with Gasteiger partial charge in [-0.25, -0.2) is 9.78 Å². The van der Waals surface area contributed by atoms with Crippen molar-refractivity contribution < 1.29 is 14.6 Å². The van der Waals surface area contributed by atoms with Crippen LogP contribution in [0.1, 0.15) is 17.4 Å². The molecule has 5 heteroatoms. The molecule has 94 valence electrons. The summed E-state index contributed by atoms with van der Waals surface area (Å²) in [5, 5.41) is 9.06. The minimum Gasteiger partial charge on any atom is -0.497 e. The summed E-state index contributed by atoms with van der Waals surface area (Å²) in [6, 6.07) is 7.37. The van der Waals surface area contributed by atoms with E-state index in [9.17, 15) is 4.79 Å². The Kier molecular flexibility index (Phi) is 3.32. The van der Waals surface area contributed by atoms with Gasteiger partial charge in [-0.05, 0) is 31.2 Å². The van der Waals surface area contributed by atoms with Crippen LogP contribution in [0.3, 0.4) is 0 Å². The van der Waals surface area contributed by atoms with E-state index in [2.05, 4.69) is 4.98 Å². The number of ether oxygens (including phenoxy) is 1. The molecule has 0 saturated carbocycles. The Morgan fingerprint density at radius 2 is 2.06 bits per heavy atom. The van der Waals surface area contributed by atoms with E-state index in [-0.39, 0.29) is 5.69 Å². The highest BCUT2D eigenvalue weighted by molar-refractivity contribution is 5.86. The molecule has 18 heavy (non-hydrogen) atoms. The number of carboxylic acid groups (broad SMARTS) is 1. The van der Waals surface area contributed by atoms with Crippen molar-refractivity contribution in [2.24, 2.45) is 0 Å². The number of hydrogen-bond donors (Lipinski definition) is 1. The molecule has 1 heterocycles. The number of hydrogen-bond acceptors (Lipinski definition) is 3. The summed E-state index contributed by atoms with van der Waals surface area (Å²) in [6.07, 6.45) is 1.38. The summed E-state index contributed by atoms with van der Waals surface area (Å²) in [5.41, 5.74) is 1.06. The molecule has 1 aromatic heterocycles. The largest absolute Gasteiger partial charge is 0.497 e. The quantitative estimate of drug-likeness (QED) is 0.898. The van der Waals surface area contributed by atoms with Crippen LogP contribution in [0.2, 0.25) is 0 Å². The van der Waals surface area contributed by atoms with E-state index < -0.39 is 5.97 Å². The molecule has 0 amide bonds. The topological polar surface area (TPSA) is 64.4 Å². The lowest BCUT2D eigenvalue weighted by Gasteiger charge is -2.07. The maximum absolute atomic E-state index is 11.0. The first-order valence-corrected chi connectivity index (χ1v) is 5.60. The van der Waals surface area contributed by atoms with E-state index in [1.165, 1.54) is 6.20 Å². The van der Waals surface area contributed by atoms with Gasteiger partial charge in [-0.15, -0.1) is 0 Å². The molecule has 0 radical (unpaired) electrons. The van der Waals surface area contributed by atoms with Gasteiger partial charge >= 0.3 is 5.97 Å². The van der Waals surface area contributed by atoms with Gasteiger partial charge in [0, 0.05) is 12.1 Å². The number of aromatic nitrogens is 2. The SMILES string of the molecule is CCn1c(C(=O)O)cnc1-c1ccc(OC)cc1. The molecule has 0 unspecified atom stereocenters. The standard InChI is InChI=1S/C13H14N2O3/c1-3-15-11(13(16)17)8-14-12(15)9-4-6-10(18-2)7-5-9/h4-8H,3H2,1-2H3,(H,16,17). The monoisotopic (exact) mass is 246 g/mol. The van der Waals surface area contributed by atoms with Gasteiger partial charge in [-0.2, -0.15) is 0 Å². The molecule has 0 aliphatic carbocycles. The van der Waals surface area contributed by atoms with Gasteiger partial charge in [0.25, 0.3) is 0 Å². The summed E-state index contributed by atoms with van der Waals surface area (Å²) < 4.78 is 6.75. The van der Waals surface area contributed by atoms with Crippen LogP contribution >= 0.6 is 0 Å². The van der Waals surface area contributed by atoms with Crippen LogP contribution in [-0.4, -0.2) is 27.7 Å². The number of aromatic carboxylic acids is 1. The first-order valence-electron chi connectivity index (χ1n) is 5.60. The third-order valence-electron chi connectivity index (χ3n) is 2.74. The first-order chi connectivity index (χ1) is 8.67. The van der Waals surface area contributed by atoms with Gasteiger partial charge in [0.1, 0.15) is 17.3 Å². The van der Waals surface area contributed by atoms with Gasteiger partial charge in [-0.3, -0.25) is 0 Å². The Morgan fingerprint density at radius 3 is 2.56 bits per heavy atom. The summed E-state index contributed by atoms with van der Waals surface area (Å²) in [5.74, 6) is 0.438. The van der Waals surface area contributed by atoms with Gasteiger partial charge in [0.2, 0.25) is 0 Å². The third kappa shape index (κ3) is 2.07. The maximum Gasteiger partial charge on any atom is 0.354 e. The lowest BCUT2D eigenvalue weighted by Crippen LogP contribution is -2.08. The first kappa shape index (κ1) is 12.2. The van der Waals surface area contributed by atoms with Gasteiger partial charge in [0.05, 0.1) is 13.3 Å². The summed E-state index contributed by atoms with van der Waals surface area (Å²) in [7, 11) is 1.60. The molecular weight excluding hydrogens is 232 g/mol. The number of rotatable bonds is 4. The summed E-state index contributed by atoms with van der Waals surface area (Å²) in [6.45, 7) is 2.45. The Labute approximate surface area is 105 Å².